The number of nitrogens with zero attached hydrogens (tertiary/aromatic N) is 2. The molecule has 0 radical (unpaired) electrons. The lowest BCUT2D eigenvalue weighted by atomic mass is 10.0. The normalized spacial score (nSPS) is 11.8. The maximum atomic E-state index is 12.6. The van der Waals surface area contributed by atoms with E-state index in [1.165, 1.54) is 7.11 Å². The first-order chi connectivity index (χ1) is 12.8. The van der Waals surface area contributed by atoms with Gasteiger partial charge in [-0.25, -0.2) is 4.79 Å². The molecule has 144 valence electrons. The van der Waals surface area contributed by atoms with Gasteiger partial charge < -0.3 is 19.9 Å². The molecule has 1 N–H and O–H groups in total. The number of rotatable bonds is 7. The van der Waals surface area contributed by atoms with Crippen LogP contribution < -0.4 is 10.2 Å². The molecule has 1 atom stereocenters. The van der Waals surface area contributed by atoms with Crippen molar-refractivity contribution in [2.45, 2.75) is 6.04 Å². The van der Waals surface area contributed by atoms with Gasteiger partial charge in [-0.1, -0.05) is 24.3 Å². The Hall–Kier alpha value is -2.86. The Balaban J connectivity index is 2.15. The molecule has 0 aliphatic carbocycles. The Kier molecular flexibility index (Phi) is 6.96. The molecule has 0 fully saturated rings. The summed E-state index contributed by atoms with van der Waals surface area (Å²) in [5.74, 6) is -0.822. The van der Waals surface area contributed by atoms with E-state index in [1.54, 1.807) is 24.3 Å². The second-order valence-corrected chi connectivity index (χ2v) is 6.71. The van der Waals surface area contributed by atoms with Crippen molar-refractivity contribution in [3.63, 3.8) is 0 Å². The molecule has 2 aromatic rings. The zero-order chi connectivity index (χ0) is 20.0. The summed E-state index contributed by atoms with van der Waals surface area (Å²) in [7, 11) is 9.24. The average molecular weight is 369 g/mol. The van der Waals surface area contributed by atoms with Crippen LogP contribution in [0.25, 0.3) is 0 Å². The molecule has 6 nitrogen and oxygen atoms in total. The molecule has 0 unspecified atom stereocenters. The van der Waals surface area contributed by atoms with Crippen LogP contribution in [0.1, 0.15) is 32.3 Å². The van der Waals surface area contributed by atoms with E-state index in [1.807, 2.05) is 33.1 Å². The molecule has 0 aliphatic rings. The summed E-state index contributed by atoms with van der Waals surface area (Å²) in [6, 6.07) is 14.9. The number of ether oxygens (including phenoxy) is 1. The van der Waals surface area contributed by atoms with Crippen LogP contribution in [0.3, 0.4) is 0 Å². The number of carbonyl (C=O) groups excluding carboxylic acids is 2. The number of hydrogen-bond donors (Lipinski definition) is 1. The van der Waals surface area contributed by atoms with E-state index in [2.05, 4.69) is 34.5 Å². The van der Waals surface area contributed by atoms with Crippen LogP contribution in [0.15, 0.2) is 48.5 Å². The van der Waals surface area contributed by atoms with Crippen LogP contribution >= 0.6 is 0 Å². The Morgan fingerprint density at radius 3 is 2.07 bits per heavy atom. The smallest absolute Gasteiger partial charge is 0.338 e. The van der Waals surface area contributed by atoms with Crippen molar-refractivity contribution in [3.05, 3.63) is 65.2 Å². The lowest BCUT2D eigenvalue weighted by molar-refractivity contribution is 0.0596. The topological polar surface area (TPSA) is 61.9 Å². The van der Waals surface area contributed by atoms with Gasteiger partial charge in [-0.15, -0.1) is 0 Å². The number of benzene rings is 2. The second kappa shape index (κ2) is 9.19. The fourth-order valence-electron chi connectivity index (χ4n) is 2.85. The molecule has 2 aromatic carbocycles. The van der Waals surface area contributed by atoms with Gasteiger partial charge in [0.05, 0.1) is 24.3 Å². The highest BCUT2D eigenvalue weighted by molar-refractivity contribution is 6.05. The zero-order valence-corrected chi connectivity index (χ0v) is 16.5. The fraction of sp³-hybridized carbons (Fsp3) is 0.333. The van der Waals surface area contributed by atoms with Gasteiger partial charge in [-0.05, 0) is 43.9 Å². The molecule has 0 bridgehead atoms. The van der Waals surface area contributed by atoms with Crippen LogP contribution in [0.5, 0.6) is 0 Å². The number of amides is 1. The van der Waals surface area contributed by atoms with Crippen molar-refractivity contribution in [3.8, 4) is 0 Å². The summed E-state index contributed by atoms with van der Waals surface area (Å²) in [5.41, 5.74) is 2.79. The Bertz CT molecular complexity index is 786. The highest BCUT2D eigenvalue weighted by Gasteiger charge is 2.20. The predicted molar refractivity (Wildman–Crippen MR) is 107 cm³/mol. The Morgan fingerprint density at radius 1 is 0.963 bits per heavy atom. The predicted octanol–water partition coefficient (Wildman–Crippen LogP) is 2.57. The molecular weight excluding hydrogens is 342 g/mol. The third-order valence-electron chi connectivity index (χ3n) is 4.45. The monoisotopic (exact) mass is 369 g/mol. The molecule has 0 saturated heterocycles. The minimum Gasteiger partial charge on any atom is -0.465 e. The lowest BCUT2D eigenvalue weighted by Gasteiger charge is -2.26. The summed E-state index contributed by atoms with van der Waals surface area (Å²) in [6.07, 6.45) is 0. The SMILES string of the molecule is COC(=O)c1ccccc1C(=O)NC[C@@H](c1ccc(N(C)C)cc1)N(C)C. The van der Waals surface area contributed by atoms with Crippen LogP contribution in [0.2, 0.25) is 0 Å². The largest absolute Gasteiger partial charge is 0.465 e. The zero-order valence-electron chi connectivity index (χ0n) is 16.5. The summed E-state index contributed by atoms with van der Waals surface area (Å²) in [4.78, 5) is 28.6. The number of likely N-dealkylation sites (N-methyl/N-ethyl adjacent to an activating group) is 1. The van der Waals surface area contributed by atoms with Gasteiger partial charge in [0.1, 0.15) is 0 Å². The molecule has 2 rings (SSSR count). The van der Waals surface area contributed by atoms with Crippen molar-refractivity contribution < 1.29 is 14.3 Å². The van der Waals surface area contributed by atoms with Crippen LogP contribution in [0.4, 0.5) is 5.69 Å². The van der Waals surface area contributed by atoms with E-state index in [0.29, 0.717) is 12.1 Å². The van der Waals surface area contributed by atoms with E-state index >= 15 is 0 Å². The molecule has 1 amide bonds. The molecule has 27 heavy (non-hydrogen) atoms. The minimum absolute atomic E-state index is 0.00968. The third-order valence-corrected chi connectivity index (χ3v) is 4.45. The first-order valence-corrected chi connectivity index (χ1v) is 8.74. The van der Waals surface area contributed by atoms with Gasteiger partial charge >= 0.3 is 5.97 Å². The van der Waals surface area contributed by atoms with E-state index in [-0.39, 0.29) is 17.5 Å². The summed E-state index contributed by atoms with van der Waals surface area (Å²) in [6.45, 7) is 0.419. The molecule has 0 aliphatic heterocycles. The van der Waals surface area contributed by atoms with Gasteiger partial charge in [-0.2, -0.15) is 0 Å². The van der Waals surface area contributed by atoms with E-state index < -0.39 is 5.97 Å². The third kappa shape index (κ3) is 5.08. The Morgan fingerprint density at radius 2 is 1.56 bits per heavy atom. The van der Waals surface area contributed by atoms with Gasteiger partial charge in [-0.3, -0.25) is 4.79 Å². The van der Waals surface area contributed by atoms with Crippen molar-refractivity contribution in [2.24, 2.45) is 0 Å². The molecule has 6 heteroatoms. The van der Waals surface area contributed by atoms with Crippen LogP contribution in [0, 0.1) is 0 Å². The summed E-state index contributed by atoms with van der Waals surface area (Å²) >= 11 is 0. The van der Waals surface area contributed by atoms with E-state index in [0.717, 1.165) is 11.3 Å². The second-order valence-electron chi connectivity index (χ2n) is 6.71. The number of methoxy groups -OCH3 is 1. The van der Waals surface area contributed by atoms with Gasteiger partial charge in [0, 0.05) is 26.3 Å². The number of esters is 1. The first kappa shape index (κ1) is 20.5. The minimum atomic E-state index is -0.524. The number of anilines is 1. The number of hydrogen-bond acceptors (Lipinski definition) is 5. The van der Waals surface area contributed by atoms with Crippen molar-refractivity contribution in [1.82, 2.24) is 10.2 Å². The van der Waals surface area contributed by atoms with Gasteiger partial charge in [0.2, 0.25) is 0 Å². The van der Waals surface area contributed by atoms with Gasteiger partial charge in [0.15, 0.2) is 0 Å². The molecule has 0 aromatic heterocycles. The average Bonchev–Trinajstić information content (AvgIpc) is 2.67. The molecule has 0 saturated carbocycles. The van der Waals surface area contributed by atoms with Crippen molar-refractivity contribution >= 4 is 17.6 Å². The van der Waals surface area contributed by atoms with Crippen molar-refractivity contribution in [1.29, 1.82) is 0 Å². The lowest BCUT2D eigenvalue weighted by Crippen LogP contribution is -2.35. The van der Waals surface area contributed by atoms with Crippen LogP contribution in [-0.2, 0) is 4.74 Å². The standard InChI is InChI=1S/C21H27N3O3/c1-23(2)16-12-10-15(11-13-16)19(24(3)4)14-22-20(25)17-8-6-7-9-18(17)21(26)27-5/h6-13,19H,14H2,1-5H3,(H,22,25)/t19-/m0/s1. The van der Waals surface area contributed by atoms with Gasteiger partial charge in [0.25, 0.3) is 5.91 Å². The van der Waals surface area contributed by atoms with E-state index in [4.69, 9.17) is 4.74 Å². The Labute approximate surface area is 160 Å². The number of nitrogens with one attached hydrogen (secondary N) is 1. The van der Waals surface area contributed by atoms with Crippen LogP contribution in [-0.4, -0.2) is 58.6 Å². The van der Waals surface area contributed by atoms with Crippen molar-refractivity contribution in [2.75, 3.05) is 46.7 Å². The number of carbonyl (C=O) groups is 2. The highest BCUT2D eigenvalue weighted by Crippen LogP contribution is 2.21. The first-order valence-electron chi connectivity index (χ1n) is 8.74. The quantitative estimate of drug-likeness (QED) is 0.760. The summed E-state index contributed by atoms with van der Waals surface area (Å²) < 4.78 is 4.76. The molecule has 0 spiro atoms. The summed E-state index contributed by atoms with van der Waals surface area (Å²) in [5, 5.41) is 2.94. The molecule has 0 heterocycles. The molecular formula is C21H27N3O3. The maximum Gasteiger partial charge on any atom is 0.338 e. The van der Waals surface area contributed by atoms with E-state index in [9.17, 15) is 9.59 Å². The maximum absolute atomic E-state index is 12.6. The highest BCUT2D eigenvalue weighted by atomic mass is 16.5. The fourth-order valence-corrected chi connectivity index (χ4v) is 2.85.